The molecule has 0 aliphatic heterocycles. The molecule has 3 heteroatoms. The van der Waals surface area contributed by atoms with Gasteiger partial charge < -0.3 is 9.15 Å². The third-order valence-electron chi connectivity index (χ3n) is 1.58. The van der Waals surface area contributed by atoms with Gasteiger partial charge in [0.2, 0.25) is 5.76 Å². The molecule has 0 spiro atoms. The van der Waals surface area contributed by atoms with Gasteiger partial charge in [0.1, 0.15) is 0 Å². The van der Waals surface area contributed by atoms with E-state index < -0.39 is 5.97 Å². The van der Waals surface area contributed by atoms with Gasteiger partial charge in [0.25, 0.3) is 0 Å². The van der Waals surface area contributed by atoms with Crippen molar-refractivity contribution in [2.75, 3.05) is 7.11 Å². The summed E-state index contributed by atoms with van der Waals surface area (Å²) in [6.45, 7) is 2.07. The van der Waals surface area contributed by atoms with Crippen LogP contribution in [0.2, 0.25) is 0 Å². The Bertz CT molecular complexity index is 262. The van der Waals surface area contributed by atoms with E-state index in [1.165, 1.54) is 7.11 Å². The van der Waals surface area contributed by atoms with Crippen molar-refractivity contribution in [2.45, 2.75) is 19.8 Å². The lowest BCUT2D eigenvalue weighted by atomic mass is 10.2. The van der Waals surface area contributed by atoms with Crippen LogP contribution in [0.25, 0.3) is 0 Å². The molecule has 0 bridgehead atoms. The maximum atomic E-state index is 10.9. The van der Waals surface area contributed by atoms with Crippen LogP contribution in [0, 0.1) is 0 Å². The number of hydrogen-bond donors (Lipinski definition) is 0. The van der Waals surface area contributed by atoms with Crippen LogP contribution >= 0.6 is 0 Å². The standard InChI is InChI=1S/C9H12O3/c1-3-4-7-5-8(12-6-7)9(10)11-2/h5-6H,3-4H2,1-2H3. The molecule has 0 amide bonds. The van der Waals surface area contributed by atoms with Crippen molar-refractivity contribution in [3.05, 3.63) is 23.7 Å². The predicted molar refractivity (Wildman–Crippen MR) is 44.0 cm³/mol. The van der Waals surface area contributed by atoms with E-state index in [1.807, 2.05) is 0 Å². The molecule has 1 rings (SSSR count). The van der Waals surface area contributed by atoms with Crippen molar-refractivity contribution < 1.29 is 13.9 Å². The minimum absolute atomic E-state index is 0.279. The first-order valence-corrected chi connectivity index (χ1v) is 3.93. The van der Waals surface area contributed by atoms with Crippen molar-refractivity contribution in [3.63, 3.8) is 0 Å². The summed E-state index contributed by atoms with van der Waals surface area (Å²) in [6, 6.07) is 1.72. The van der Waals surface area contributed by atoms with E-state index >= 15 is 0 Å². The number of furan rings is 1. The fourth-order valence-electron chi connectivity index (χ4n) is 1.00. The molecule has 0 N–H and O–H groups in total. The largest absolute Gasteiger partial charge is 0.463 e. The Balaban J connectivity index is 2.70. The number of ether oxygens (including phenoxy) is 1. The van der Waals surface area contributed by atoms with Gasteiger partial charge in [0, 0.05) is 0 Å². The second-order valence-electron chi connectivity index (χ2n) is 2.56. The van der Waals surface area contributed by atoms with Gasteiger partial charge in [-0.3, -0.25) is 0 Å². The van der Waals surface area contributed by atoms with Gasteiger partial charge in [0.15, 0.2) is 0 Å². The molecule has 66 valence electrons. The minimum Gasteiger partial charge on any atom is -0.463 e. The second kappa shape index (κ2) is 3.95. The Morgan fingerprint density at radius 1 is 1.67 bits per heavy atom. The number of methoxy groups -OCH3 is 1. The molecule has 0 aromatic carbocycles. The highest BCUT2D eigenvalue weighted by atomic mass is 16.5. The van der Waals surface area contributed by atoms with Gasteiger partial charge in [0.05, 0.1) is 13.4 Å². The van der Waals surface area contributed by atoms with Crippen molar-refractivity contribution in [3.8, 4) is 0 Å². The topological polar surface area (TPSA) is 39.4 Å². The zero-order valence-corrected chi connectivity index (χ0v) is 7.29. The number of aryl methyl sites for hydroxylation is 1. The maximum Gasteiger partial charge on any atom is 0.373 e. The Labute approximate surface area is 71.3 Å². The average Bonchev–Trinajstić information content (AvgIpc) is 2.52. The van der Waals surface area contributed by atoms with Crippen molar-refractivity contribution in [2.24, 2.45) is 0 Å². The highest BCUT2D eigenvalue weighted by Crippen LogP contribution is 2.10. The molecule has 1 heterocycles. The third-order valence-corrected chi connectivity index (χ3v) is 1.58. The summed E-state index contributed by atoms with van der Waals surface area (Å²) < 4.78 is 9.49. The second-order valence-corrected chi connectivity index (χ2v) is 2.56. The van der Waals surface area contributed by atoms with E-state index in [-0.39, 0.29) is 5.76 Å². The van der Waals surface area contributed by atoms with Gasteiger partial charge in [-0.25, -0.2) is 4.79 Å². The lowest BCUT2D eigenvalue weighted by Gasteiger charge is -1.90. The van der Waals surface area contributed by atoms with Crippen LogP contribution < -0.4 is 0 Å². The van der Waals surface area contributed by atoms with Crippen LogP contribution in [0.15, 0.2) is 16.7 Å². The normalized spacial score (nSPS) is 9.83. The summed E-state index contributed by atoms with van der Waals surface area (Å²) in [5.41, 5.74) is 1.04. The van der Waals surface area contributed by atoms with E-state index in [0.29, 0.717) is 0 Å². The van der Waals surface area contributed by atoms with Crippen LogP contribution in [0.1, 0.15) is 29.5 Å². The van der Waals surface area contributed by atoms with E-state index in [4.69, 9.17) is 4.42 Å². The molecular weight excluding hydrogens is 156 g/mol. The Morgan fingerprint density at radius 2 is 2.42 bits per heavy atom. The molecule has 1 aromatic rings. The zero-order chi connectivity index (χ0) is 8.97. The molecule has 0 aliphatic rings. The fraction of sp³-hybridized carbons (Fsp3) is 0.444. The first-order valence-electron chi connectivity index (χ1n) is 3.93. The van der Waals surface area contributed by atoms with E-state index in [9.17, 15) is 4.79 Å². The molecule has 3 nitrogen and oxygen atoms in total. The number of rotatable bonds is 3. The first-order chi connectivity index (χ1) is 5.77. The molecule has 0 fully saturated rings. The van der Waals surface area contributed by atoms with E-state index in [1.54, 1.807) is 12.3 Å². The average molecular weight is 168 g/mol. The summed E-state index contributed by atoms with van der Waals surface area (Å²) in [5.74, 6) is -0.140. The molecule has 0 radical (unpaired) electrons. The number of carbonyl (C=O) groups excluding carboxylic acids is 1. The highest BCUT2D eigenvalue weighted by molar-refractivity contribution is 5.86. The van der Waals surface area contributed by atoms with Crippen molar-refractivity contribution in [1.29, 1.82) is 0 Å². The number of hydrogen-bond acceptors (Lipinski definition) is 3. The fourth-order valence-corrected chi connectivity index (χ4v) is 1.00. The first kappa shape index (κ1) is 8.84. The lowest BCUT2D eigenvalue weighted by Crippen LogP contribution is -1.98. The summed E-state index contributed by atoms with van der Waals surface area (Å²) in [4.78, 5) is 10.9. The molecule has 0 aliphatic carbocycles. The lowest BCUT2D eigenvalue weighted by molar-refractivity contribution is 0.0565. The van der Waals surface area contributed by atoms with Crippen LogP contribution in [-0.2, 0) is 11.2 Å². The van der Waals surface area contributed by atoms with Crippen LogP contribution in [0.3, 0.4) is 0 Å². The Morgan fingerprint density at radius 3 is 3.00 bits per heavy atom. The summed E-state index contributed by atoms with van der Waals surface area (Å²) in [6.07, 6.45) is 3.57. The molecule has 0 atom stereocenters. The zero-order valence-electron chi connectivity index (χ0n) is 7.29. The monoisotopic (exact) mass is 168 g/mol. The molecule has 0 saturated carbocycles. The van der Waals surface area contributed by atoms with Gasteiger partial charge >= 0.3 is 5.97 Å². The van der Waals surface area contributed by atoms with Crippen molar-refractivity contribution in [1.82, 2.24) is 0 Å². The molecule has 12 heavy (non-hydrogen) atoms. The van der Waals surface area contributed by atoms with Crippen LogP contribution in [0.4, 0.5) is 0 Å². The van der Waals surface area contributed by atoms with Gasteiger partial charge in [-0.05, 0) is 18.1 Å². The number of carbonyl (C=O) groups is 1. The molecule has 0 saturated heterocycles. The van der Waals surface area contributed by atoms with E-state index in [2.05, 4.69) is 11.7 Å². The molecule has 1 aromatic heterocycles. The summed E-state index contributed by atoms with van der Waals surface area (Å²) in [7, 11) is 1.34. The van der Waals surface area contributed by atoms with Gasteiger partial charge in [-0.2, -0.15) is 0 Å². The van der Waals surface area contributed by atoms with Crippen LogP contribution in [0.5, 0.6) is 0 Å². The van der Waals surface area contributed by atoms with Gasteiger partial charge in [-0.15, -0.1) is 0 Å². The minimum atomic E-state index is -0.419. The SMILES string of the molecule is CCCc1coc(C(=O)OC)c1. The Hall–Kier alpha value is -1.25. The third kappa shape index (κ3) is 1.87. The van der Waals surface area contributed by atoms with Crippen molar-refractivity contribution >= 4 is 5.97 Å². The quantitative estimate of drug-likeness (QED) is 0.648. The Kier molecular flexibility index (Phi) is 2.91. The predicted octanol–water partition coefficient (Wildman–Crippen LogP) is 2.02. The summed E-state index contributed by atoms with van der Waals surface area (Å²) >= 11 is 0. The summed E-state index contributed by atoms with van der Waals surface area (Å²) in [5, 5.41) is 0. The van der Waals surface area contributed by atoms with Gasteiger partial charge in [-0.1, -0.05) is 13.3 Å². The van der Waals surface area contributed by atoms with E-state index in [0.717, 1.165) is 18.4 Å². The molecular formula is C9H12O3. The van der Waals surface area contributed by atoms with Crippen LogP contribution in [-0.4, -0.2) is 13.1 Å². The highest BCUT2D eigenvalue weighted by Gasteiger charge is 2.09. The maximum absolute atomic E-state index is 10.9. The number of esters is 1. The molecule has 0 unspecified atom stereocenters. The smallest absolute Gasteiger partial charge is 0.373 e.